The molecule has 0 N–H and O–H groups in total. The van der Waals surface area contributed by atoms with Crippen molar-refractivity contribution in [1.29, 1.82) is 0 Å². The molecule has 0 aromatic carbocycles. The van der Waals surface area contributed by atoms with Crippen molar-refractivity contribution in [2.24, 2.45) is 23.7 Å². The highest BCUT2D eigenvalue weighted by Gasteiger charge is 2.53. The summed E-state index contributed by atoms with van der Waals surface area (Å²) in [5.41, 5.74) is 0. The lowest BCUT2D eigenvalue weighted by atomic mass is 9.54. The van der Waals surface area contributed by atoms with Gasteiger partial charge in [-0.2, -0.15) is 0 Å². The van der Waals surface area contributed by atoms with Crippen LogP contribution in [0.2, 0.25) is 0 Å². The summed E-state index contributed by atoms with van der Waals surface area (Å²) in [6, 6.07) is 0. The Kier molecular flexibility index (Phi) is 2.23. The third-order valence-corrected chi connectivity index (χ3v) is 4.63. The van der Waals surface area contributed by atoms with Gasteiger partial charge in [0.15, 0.2) is 0 Å². The Bertz CT molecular complexity index is 329. The zero-order valence-corrected chi connectivity index (χ0v) is 9.07. The molecule has 0 aromatic heterocycles. The van der Waals surface area contributed by atoms with E-state index in [1.165, 1.54) is 0 Å². The monoisotopic (exact) mass is 229 g/mol. The van der Waals surface area contributed by atoms with Gasteiger partial charge in [-0.3, -0.25) is 8.98 Å². The molecule has 4 nitrogen and oxygen atoms in total. The summed E-state index contributed by atoms with van der Waals surface area (Å²) < 4.78 is 26.0. The van der Waals surface area contributed by atoms with Crippen LogP contribution in [0.1, 0.15) is 25.7 Å². The summed E-state index contributed by atoms with van der Waals surface area (Å²) in [5, 5.41) is 0. The highest BCUT2D eigenvalue weighted by Crippen LogP contribution is 2.52. The first-order chi connectivity index (χ1) is 7.15. The molecule has 4 aliphatic rings. The second-order valence-corrected chi connectivity index (χ2v) is 5.64. The fourth-order valence-electron chi connectivity index (χ4n) is 3.82. The van der Waals surface area contributed by atoms with E-state index >= 15 is 0 Å². The first kappa shape index (κ1) is 9.93. The molecular formula is C10H13O4S-. The molecule has 0 amide bonds. The second-order valence-electron chi connectivity index (χ2n) is 5.04. The van der Waals surface area contributed by atoms with Crippen molar-refractivity contribution in [3.8, 4) is 0 Å². The van der Waals surface area contributed by atoms with Gasteiger partial charge < -0.3 is 4.55 Å². The molecule has 0 aliphatic heterocycles. The molecule has 5 heteroatoms. The van der Waals surface area contributed by atoms with Crippen molar-refractivity contribution >= 4 is 17.1 Å². The maximum atomic E-state index is 11.9. The molecule has 0 radical (unpaired) electrons. The Morgan fingerprint density at radius 1 is 1.27 bits per heavy atom. The number of hydrogen-bond donors (Lipinski definition) is 0. The predicted molar refractivity (Wildman–Crippen MR) is 51.2 cm³/mol. The molecular weight excluding hydrogens is 216 g/mol. The van der Waals surface area contributed by atoms with E-state index < -0.39 is 11.4 Å². The van der Waals surface area contributed by atoms with Gasteiger partial charge in [-0.25, -0.2) is 4.21 Å². The van der Waals surface area contributed by atoms with E-state index in [1.807, 2.05) is 0 Å². The lowest BCUT2D eigenvalue weighted by Crippen LogP contribution is -2.54. The average Bonchev–Trinajstić information content (AvgIpc) is 2.18. The normalized spacial score (nSPS) is 49.7. The summed E-state index contributed by atoms with van der Waals surface area (Å²) in [4.78, 5) is 11.9. The van der Waals surface area contributed by atoms with Crippen molar-refractivity contribution in [2.45, 2.75) is 31.8 Å². The number of carbonyl (C=O) groups is 1. The zero-order valence-electron chi connectivity index (χ0n) is 8.26. The van der Waals surface area contributed by atoms with Crippen LogP contribution in [0.5, 0.6) is 0 Å². The van der Waals surface area contributed by atoms with Crippen LogP contribution in [-0.4, -0.2) is 20.6 Å². The zero-order chi connectivity index (χ0) is 10.6. The minimum atomic E-state index is -2.49. The molecule has 0 spiro atoms. The number of ketones is 1. The third-order valence-electron chi connectivity index (χ3n) is 4.25. The van der Waals surface area contributed by atoms with E-state index in [9.17, 15) is 13.6 Å². The van der Waals surface area contributed by atoms with Crippen molar-refractivity contribution in [1.82, 2.24) is 0 Å². The average molecular weight is 229 g/mol. The highest BCUT2D eigenvalue weighted by atomic mass is 32.2. The molecule has 4 fully saturated rings. The van der Waals surface area contributed by atoms with Gasteiger partial charge >= 0.3 is 0 Å². The van der Waals surface area contributed by atoms with Gasteiger partial charge in [0.05, 0.1) is 17.5 Å². The van der Waals surface area contributed by atoms with Crippen molar-refractivity contribution in [2.75, 3.05) is 0 Å². The topological polar surface area (TPSA) is 66.4 Å². The van der Waals surface area contributed by atoms with Crippen molar-refractivity contribution in [3.05, 3.63) is 0 Å². The van der Waals surface area contributed by atoms with Gasteiger partial charge in [-0.1, -0.05) is 0 Å². The number of hydrogen-bond acceptors (Lipinski definition) is 4. The number of Topliss-reactive ketones (excluding diaryl/α,β-unsaturated/α-hetero) is 1. The fourth-order valence-corrected chi connectivity index (χ4v) is 4.29. The summed E-state index contributed by atoms with van der Waals surface area (Å²) in [6.07, 6.45) is 3.39. The Hall–Kier alpha value is -0.260. The molecule has 4 saturated carbocycles. The van der Waals surface area contributed by atoms with Gasteiger partial charge in [0.25, 0.3) is 0 Å². The van der Waals surface area contributed by atoms with Crippen LogP contribution in [0, 0.1) is 23.7 Å². The van der Waals surface area contributed by atoms with Gasteiger partial charge in [-0.05, 0) is 37.5 Å². The number of rotatable bonds is 2. The smallest absolute Gasteiger partial charge is 0.141 e. The standard InChI is InChI=1S/C10H14O4S/c11-9-6-1-5-2-7(4-6)10(8(9)3-5)14-15(12)13/h5-8,10H,1-4H2,(H,12,13)/p-1. The van der Waals surface area contributed by atoms with Crippen molar-refractivity contribution < 1.29 is 17.7 Å². The number of carbonyl (C=O) groups excluding carboxylic acids is 1. The van der Waals surface area contributed by atoms with Crippen LogP contribution >= 0.6 is 0 Å². The predicted octanol–water partition coefficient (Wildman–Crippen LogP) is 0.801. The van der Waals surface area contributed by atoms with E-state index in [0.29, 0.717) is 11.8 Å². The van der Waals surface area contributed by atoms with E-state index in [1.54, 1.807) is 0 Å². The maximum Gasteiger partial charge on any atom is 0.141 e. The van der Waals surface area contributed by atoms with Gasteiger partial charge in [0.1, 0.15) is 5.78 Å². The van der Waals surface area contributed by atoms with Gasteiger partial charge in [0.2, 0.25) is 0 Å². The van der Waals surface area contributed by atoms with Gasteiger partial charge in [0, 0.05) is 11.8 Å². The quantitative estimate of drug-likeness (QED) is 0.657. The Morgan fingerprint density at radius 2 is 2.07 bits per heavy atom. The largest absolute Gasteiger partial charge is 0.750 e. The van der Waals surface area contributed by atoms with Crippen LogP contribution in [0.15, 0.2) is 0 Å². The van der Waals surface area contributed by atoms with Crippen LogP contribution in [-0.2, 0) is 20.3 Å². The Labute approximate surface area is 90.9 Å². The van der Waals surface area contributed by atoms with E-state index in [0.717, 1.165) is 25.7 Å². The Balaban J connectivity index is 1.85. The summed E-state index contributed by atoms with van der Waals surface area (Å²) >= 11 is -2.49. The second kappa shape index (κ2) is 3.37. The van der Waals surface area contributed by atoms with Crippen LogP contribution in [0.25, 0.3) is 0 Å². The lowest BCUT2D eigenvalue weighted by Gasteiger charge is -2.52. The van der Waals surface area contributed by atoms with E-state index in [-0.39, 0.29) is 23.7 Å². The summed E-state index contributed by atoms with van der Waals surface area (Å²) in [7, 11) is 0. The highest BCUT2D eigenvalue weighted by molar-refractivity contribution is 7.74. The molecule has 4 rings (SSSR count). The minimum absolute atomic E-state index is 0.140. The fraction of sp³-hybridized carbons (Fsp3) is 0.900. The first-order valence-corrected chi connectivity index (χ1v) is 6.45. The first-order valence-electron chi connectivity index (χ1n) is 5.45. The molecule has 4 aliphatic carbocycles. The SMILES string of the molecule is O=C1C2CC3CC(C2)C(OS(=O)[O-])C1C3. The lowest BCUT2D eigenvalue weighted by molar-refractivity contribution is -0.151. The molecule has 0 heterocycles. The minimum Gasteiger partial charge on any atom is -0.750 e. The maximum absolute atomic E-state index is 11.9. The molecule has 84 valence electrons. The summed E-state index contributed by atoms with van der Waals surface area (Å²) in [5.74, 6) is 1.24. The Morgan fingerprint density at radius 3 is 2.80 bits per heavy atom. The molecule has 4 bridgehead atoms. The van der Waals surface area contributed by atoms with Crippen LogP contribution < -0.4 is 0 Å². The molecule has 6 atom stereocenters. The van der Waals surface area contributed by atoms with Crippen molar-refractivity contribution in [3.63, 3.8) is 0 Å². The van der Waals surface area contributed by atoms with E-state index in [4.69, 9.17) is 4.18 Å². The molecule has 0 aromatic rings. The molecule has 6 unspecified atom stereocenters. The molecule has 0 saturated heterocycles. The summed E-state index contributed by atoms with van der Waals surface area (Å²) in [6.45, 7) is 0. The third kappa shape index (κ3) is 1.48. The van der Waals surface area contributed by atoms with Crippen LogP contribution in [0.4, 0.5) is 0 Å². The van der Waals surface area contributed by atoms with Crippen LogP contribution in [0.3, 0.4) is 0 Å². The van der Waals surface area contributed by atoms with Gasteiger partial charge in [-0.15, -0.1) is 0 Å². The molecule has 15 heavy (non-hydrogen) atoms. The van der Waals surface area contributed by atoms with E-state index in [2.05, 4.69) is 0 Å².